The lowest BCUT2D eigenvalue weighted by molar-refractivity contribution is -0.00537. The van der Waals surface area contributed by atoms with Crippen LogP contribution in [0.4, 0.5) is 5.82 Å². The molecule has 1 aliphatic heterocycles. The lowest BCUT2D eigenvalue weighted by Crippen LogP contribution is -2.46. The quantitative estimate of drug-likeness (QED) is 0.598. The SMILES string of the molecule is CC1CN(c2nc(Cl)nc3nc(Cl)ccc23)CC(C)O1. The number of nitrogens with zero attached hydrogens (tertiary/aromatic N) is 4. The average molecular weight is 313 g/mol. The fraction of sp³-hybridized carbons (Fsp3) is 0.462. The van der Waals surface area contributed by atoms with E-state index >= 15 is 0 Å². The maximum Gasteiger partial charge on any atom is 0.226 e. The maximum atomic E-state index is 6.00. The lowest BCUT2D eigenvalue weighted by atomic mass is 10.2. The highest BCUT2D eigenvalue weighted by atomic mass is 35.5. The number of pyridine rings is 1. The third-order valence-electron chi connectivity index (χ3n) is 3.20. The van der Waals surface area contributed by atoms with Gasteiger partial charge in [-0.05, 0) is 37.6 Å². The maximum absolute atomic E-state index is 6.00. The lowest BCUT2D eigenvalue weighted by Gasteiger charge is -2.36. The summed E-state index contributed by atoms with van der Waals surface area (Å²) in [5.41, 5.74) is 0.513. The van der Waals surface area contributed by atoms with Gasteiger partial charge in [0.05, 0.1) is 17.6 Å². The van der Waals surface area contributed by atoms with Crippen LogP contribution in [0.25, 0.3) is 11.0 Å². The molecular formula is C13H14Cl2N4O. The highest BCUT2D eigenvalue weighted by Crippen LogP contribution is 2.27. The molecule has 3 rings (SSSR count). The summed E-state index contributed by atoms with van der Waals surface area (Å²) in [5, 5.41) is 1.41. The molecule has 5 nitrogen and oxygen atoms in total. The van der Waals surface area contributed by atoms with Gasteiger partial charge in [0, 0.05) is 13.1 Å². The molecule has 1 fully saturated rings. The summed E-state index contributed by atoms with van der Waals surface area (Å²) in [6, 6.07) is 3.61. The Bertz CT molecular complexity index is 636. The first-order valence-electron chi connectivity index (χ1n) is 6.43. The van der Waals surface area contributed by atoms with Crippen molar-refractivity contribution in [1.29, 1.82) is 0 Å². The molecule has 0 saturated carbocycles. The van der Waals surface area contributed by atoms with Gasteiger partial charge in [-0.2, -0.15) is 9.97 Å². The third-order valence-corrected chi connectivity index (χ3v) is 3.58. The van der Waals surface area contributed by atoms with Crippen LogP contribution in [0, 0.1) is 0 Å². The molecule has 1 aliphatic rings. The molecular weight excluding hydrogens is 299 g/mol. The predicted molar refractivity (Wildman–Crippen MR) is 79.6 cm³/mol. The van der Waals surface area contributed by atoms with Gasteiger partial charge in [-0.15, -0.1) is 0 Å². The van der Waals surface area contributed by atoms with Crippen molar-refractivity contribution in [1.82, 2.24) is 15.0 Å². The molecule has 2 atom stereocenters. The Balaban J connectivity index is 2.10. The van der Waals surface area contributed by atoms with E-state index < -0.39 is 0 Å². The first kappa shape index (κ1) is 13.8. The molecule has 1 saturated heterocycles. The molecule has 0 aliphatic carbocycles. The first-order valence-corrected chi connectivity index (χ1v) is 7.18. The summed E-state index contributed by atoms with van der Waals surface area (Å²) in [6.07, 6.45) is 0.283. The standard InChI is InChI=1S/C13H14Cl2N4O/c1-7-5-19(6-8(2)20-7)12-9-3-4-10(14)16-11(9)17-13(15)18-12/h3-4,7-8H,5-6H2,1-2H3. The smallest absolute Gasteiger partial charge is 0.226 e. The molecule has 0 amide bonds. The van der Waals surface area contributed by atoms with Crippen molar-refractivity contribution < 1.29 is 4.74 Å². The number of anilines is 1. The minimum absolute atomic E-state index is 0.141. The topological polar surface area (TPSA) is 51.1 Å². The number of ether oxygens (including phenoxy) is 1. The Kier molecular flexibility index (Phi) is 3.67. The van der Waals surface area contributed by atoms with Crippen molar-refractivity contribution >= 4 is 40.1 Å². The predicted octanol–water partition coefficient (Wildman–Crippen LogP) is 2.95. The van der Waals surface area contributed by atoms with Crippen molar-refractivity contribution in [3.63, 3.8) is 0 Å². The van der Waals surface area contributed by atoms with Crippen LogP contribution in [0.1, 0.15) is 13.8 Å². The van der Waals surface area contributed by atoms with Crippen LogP contribution in [0.5, 0.6) is 0 Å². The molecule has 20 heavy (non-hydrogen) atoms. The van der Waals surface area contributed by atoms with E-state index in [-0.39, 0.29) is 17.5 Å². The van der Waals surface area contributed by atoms with Gasteiger partial charge in [0.25, 0.3) is 0 Å². The Labute approximate surface area is 126 Å². The van der Waals surface area contributed by atoms with Gasteiger partial charge in [0.2, 0.25) is 5.28 Å². The normalized spacial score (nSPS) is 23.3. The summed E-state index contributed by atoms with van der Waals surface area (Å²) < 4.78 is 5.74. The van der Waals surface area contributed by atoms with Gasteiger partial charge in [-0.25, -0.2) is 4.98 Å². The average Bonchev–Trinajstić information content (AvgIpc) is 2.36. The molecule has 3 heterocycles. The van der Waals surface area contributed by atoms with Crippen LogP contribution in [0.2, 0.25) is 10.4 Å². The van der Waals surface area contributed by atoms with Gasteiger partial charge in [0.15, 0.2) is 5.65 Å². The first-order chi connectivity index (χ1) is 9.52. The minimum Gasteiger partial charge on any atom is -0.372 e. The molecule has 0 radical (unpaired) electrons. The molecule has 2 aromatic rings. The van der Waals surface area contributed by atoms with Crippen LogP contribution < -0.4 is 4.90 Å². The monoisotopic (exact) mass is 312 g/mol. The summed E-state index contributed by atoms with van der Waals surface area (Å²) in [5.74, 6) is 0.783. The van der Waals surface area contributed by atoms with E-state index in [2.05, 4.69) is 19.9 Å². The van der Waals surface area contributed by atoms with Crippen LogP contribution >= 0.6 is 23.2 Å². The summed E-state index contributed by atoms with van der Waals surface area (Å²) in [6.45, 7) is 5.61. The van der Waals surface area contributed by atoms with Crippen LogP contribution in [0.15, 0.2) is 12.1 Å². The minimum atomic E-state index is 0.141. The molecule has 0 aromatic carbocycles. The number of halogens is 2. The number of aromatic nitrogens is 3. The van der Waals surface area contributed by atoms with Gasteiger partial charge in [-0.3, -0.25) is 0 Å². The van der Waals surface area contributed by atoms with E-state index in [1.807, 2.05) is 19.9 Å². The number of hydrogen-bond acceptors (Lipinski definition) is 5. The zero-order chi connectivity index (χ0) is 14.3. The summed E-state index contributed by atoms with van der Waals surface area (Å²) >= 11 is 11.9. The Morgan fingerprint density at radius 2 is 1.80 bits per heavy atom. The third kappa shape index (κ3) is 2.66. The fourth-order valence-corrected chi connectivity index (χ4v) is 2.84. The number of rotatable bonds is 1. The number of morpholine rings is 1. The van der Waals surface area contributed by atoms with Crippen LogP contribution in [-0.4, -0.2) is 40.2 Å². The van der Waals surface area contributed by atoms with Gasteiger partial charge >= 0.3 is 0 Å². The van der Waals surface area contributed by atoms with Gasteiger partial charge in [0.1, 0.15) is 11.0 Å². The molecule has 2 unspecified atom stereocenters. The zero-order valence-corrected chi connectivity index (χ0v) is 12.7. The van der Waals surface area contributed by atoms with E-state index in [9.17, 15) is 0 Å². The second-order valence-electron chi connectivity index (χ2n) is 4.98. The largest absolute Gasteiger partial charge is 0.372 e. The van der Waals surface area contributed by atoms with E-state index in [1.165, 1.54) is 0 Å². The van der Waals surface area contributed by atoms with E-state index in [0.717, 1.165) is 24.3 Å². The number of fused-ring (bicyclic) bond motifs is 1. The fourth-order valence-electron chi connectivity index (χ4n) is 2.54. The van der Waals surface area contributed by atoms with Crippen molar-refractivity contribution in [2.24, 2.45) is 0 Å². The number of hydrogen-bond donors (Lipinski definition) is 0. The van der Waals surface area contributed by atoms with Crippen molar-refractivity contribution in [3.8, 4) is 0 Å². The second kappa shape index (κ2) is 5.31. The molecule has 0 bridgehead atoms. The molecule has 2 aromatic heterocycles. The molecule has 0 spiro atoms. The van der Waals surface area contributed by atoms with E-state index in [1.54, 1.807) is 6.07 Å². The van der Waals surface area contributed by atoms with Crippen LogP contribution in [-0.2, 0) is 4.74 Å². The Hall–Kier alpha value is -1.17. The van der Waals surface area contributed by atoms with E-state index in [0.29, 0.717) is 10.8 Å². The van der Waals surface area contributed by atoms with Crippen molar-refractivity contribution in [2.75, 3.05) is 18.0 Å². The zero-order valence-electron chi connectivity index (χ0n) is 11.2. The van der Waals surface area contributed by atoms with E-state index in [4.69, 9.17) is 27.9 Å². The van der Waals surface area contributed by atoms with Gasteiger partial charge in [-0.1, -0.05) is 11.6 Å². The molecule has 106 valence electrons. The van der Waals surface area contributed by atoms with Crippen molar-refractivity contribution in [3.05, 3.63) is 22.6 Å². The summed E-state index contributed by atoms with van der Waals surface area (Å²) in [4.78, 5) is 14.9. The Morgan fingerprint density at radius 1 is 1.10 bits per heavy atom. The highest BCUT2D eigenvalue weighted by Gasteiger charge is 2.25. The van der Waals surface area contributed by atoms with Crippen LogP contribution in [0.3, 0.4) is 0 Å². The van der Waals surface area contributed by atoms with Gasteiger partial charge < -0.3 is 9.64 Å². The summed E-state index contributed by atoms with van der Waals surface area (Å²) in [7, 11) is 0. The molecule has 0 N–H and O–H groups in total. The highest BCUT2D eigenvalue weighted by molar-refractivity contribution is 6.30. The molecule has 7 heteroatoms. The second-order valence-corrected chi connectivity index (χ2v) is 5.71. The Morgan fingerprint density at radius 3 is 2.50 bits per heavy atom. The van der Waals surface area contributed by atoms with Crippen molar-refractivity contribution in [2.45, 2.75) is 26.1 Å².